The van der Waals surface area contributed by atoms with Crippen LogP contribution in [0.25, 0.3) is 10.8 Å². The van der Waals surface area contributed by atoms with Gasteiger partial charge >= 0.3 is 6.03 Å². The number of amides is 2. The second-order valence-electron chi connectivity index (χ2n) is 6.28. The molecule has 0 aliphatic rings. The standard InChI is InChI=1S/C22H23FN2O/c23-13-14-24-22(26)25-16-19(15-17-7-2-1-3-8-17)21-12-6-10-18-9-4-5-11-20(18)21/h1-12,19H,13-16H2,(H2,24,25,26). The lowest BCUT2D eigenvalue weighted by molar-refractivity contribution is 0.239. The molecule has 2 N–H and O–H groups in total. The van der Waals surface area contributed by atoms with Crippen molar-refractivity contribution in [1.29, 1.82) is 0 Å². The number of carbonyl (C=O) groups is 1. The molecule has 0 aromatic heterocycles. The second-order valence-corrected chi connectivity index (χ2v) is 6.28. The van der Waals surface area contributed by atoms with Crippen LogP contribution in [-0.2, 0) is 6.42 Å². The molecule has 0 radical (unpaired) electrons. The molecule has 3 nitrogen and oxygen atoms in total. The number of fused-ring (bicyclic) bond motifs is 1. The van der Waals surface area contributed by atoms with Gasteiger partial charge in [-0.2, -0.15) is 0 Å². The molecule has 3 aromatic carbocycles. The van der Waals surface area contributed by atoms with Crippen LogP contribution < -0.4 is 10.6 Å². The van der Waals surface area contributed by atoms with E-state index in [1.54, 1.807) is 0 Å². The molecular weight excluding hydrogens is 327 g/mol. The Hall–Kier alpha value is -2.88. The molecule has 0 saturated heterocycles. The molecule has 3 rings (SSSR count). The minimum absolute atomic E-state index is 0.0312. The SMILES string of the molecule is O=C(NCCF)NCC(Cc1ccccc1)c1cccc2ccccc12. The van der Waals surface area contributed by atoms with Gasteiger partial charge in [-0.25, -0.2) is 9.18 Å². The van der Waals surface area contributed by atoms with Crippen molar-refractivity contribution in [2.24, 2.45) is 0 Å². The van der Waals surface area contributed by atoms with E-state index in [1.165, 1.54) is 21.9 Å². The number of alkyl halides is 1. The highest BCUT2D eigenvalue weighted by Gasteiger charge is 2.16. The maximum atomic E-state index is 12.2. The number of urea groups is 1. The Bertz CT molecular complexity index is 846. The van der Waals surface area contributed by atoms with Crippen molar-refractivity contribution < 1.29 is 9.18 Å². The number of benzene rings is 3. The van der Waals surface area contributed by atoms with E-state index in [1.807, 2.05) is 30.3 Å². The summed E-state index contributed by atoms with van der Waals surface area (Å²) in [6.07, 6.45) is 0.818. The zero-order valence-corrected chi connectivity index (χ0v) is 14.6. The highest BCUT2D eigenvalue weighted by Crippen LogP contribution is 2.28. The maximum absolute atomic E-state index is 12.2. The molecule has 0 saturated carbocycles. The summed E-state index contributed by atoms with van der Waals surface area (Å²) in [7, 11) is 0. The number of carbonyl (C=O) groups excluding carboxylic acids is 1. The minimum Gasteiger partial charge on any atom is -0.338 e. The van der Waals surface area contributed by atoms with Crippen LogP contribution in [0.1, 0.15) is 17.0 Å². The molecule has 3 aromatic rings. The van der Waals surface area contributed by atoms with Crippen LogP contribution in [0, 0.1) is 0 Å². The van der Waals surface area contributed by atoms with Gasteiger partial charge in [0, 0.05) is 19.0 Å². The van der Waals surface area contributed by atoms with Crippen LogP contribution in [0.4, 0.5) is 9.18 Å². The van der Waals surface area contributed by atoms with Gasteiger partial charge in [-0.15, -0.1) is 0 Å². The van der Waals surface area contributed by atoms with Crippen molar-refractivity contribution in [3.63, 3.8) is 0 Å². The molecule has 1 atom stereocenters. The highest BCUT2D eigenvalue weighted by atomic mass is 19.1. The molecular formula is C22H23FN2O. The van der Waals surface area contributed by atoms with Crippen molar-refractivity contribution in [2.75, 3.05) is 19.8 Å². The van der Waals surface area contributed by atoms with Gasteiger partial charge in [-0.3, -0.25) is 0 Å². The van der Waals surface area contributed by atoms with Crippen molar-refractivity contribution >= 4 is 16.8 Å². The third kappa shape index (κ3) is 4.60. The normalized spacial score (nSPS) is 11.9. The number of nitrogens with one attached hydrogen (secondary N) is 2. The average Bonchev–Trinajstić information content (AvgIpc) is 2.70. The molecule has 0 fully saturated rings. The van der Waals surface area contributed by atoms with Crippen LogP contribution in [-0.4, -0.2) is 25.8 Å². The van der Waals surface area contributed by atoms with Crippen LogP contribution >= 0.6 is 0 Å². The van der Waals surface area contributed by atoms with E-state index < -0.39 is 6.67 Å². The number of hydrogen-bond donors (Lipinski definition) is 2. The van der Waals surface area contributed by atoms with Gasteiger partial charge in [0.05, 0.1) is 0 Å². The highest BCUT2D eigenvalue weighted by molar-refractivity contribution is 5.86. The number of rotatable bonds is 7. The molecule has 0 spiro atoms. The Balaban J connectivity index is 1.85. The molecule has 0 aliphatic carbocycles. The maximum Gasteiger partial charge on any atom is 0.314 e. The van der Waals surface area contributed by atoms with Gasteiger partial charge in [0.2, 0.25) is 0 Å². The molecule has 0 heterocycles. The molecule has 2 amide bonds. The van der Waals surface area contributed by atoms with Gasteiger partial charge in [-0.05, 0) is 28.3 Å². The molecule has 134 valence electrons. The summed E-state index contributed by atoms with van der Waals surface area (Å²) < 4.78 is 12.2. The van der Waals surface area contributed by atoms with Gasteiger partial charge in [0.1, 0.15) is 6.67 Å². The quantitative estimate of drug-likeness (QED) is 0.650. The molecule has 0 bridgehead atoms. The fourth-order valence-electron chi connectivity index (χ4n) is 3.24. The largest absolute Gasteiger partial charge is 0.338 e. The van der Waals surface area contributed by atoms with E-state index >= 15 is 0 Å². The number of hydrogen-bond acceptors (Lipinski definition) is 1. The lowest BCUT2D eigenvalue weighted by Gasteiger charge is -2.20. The predicted octanol–water partition coefficient (Wildman–Crippen LogP) is 4.43. The Morgan fingerprint density at radius 1 is 0.885 bits per heavy atom. The van der Waals surface area contributed by atoms with Gasteiger partial charge < -0.3 is 10.6 Å². The Labute approximate surface area is 153 Å². The molecule has 1 unspecified atom stereocenters. The molecule has 0 aliphatic heterocycles. The summed E-state index contributed by atoms with van der Waals surface area (Å²) in [5, 5.41) is 7.78. The predicted molar refractivity (Wildman–Crippen MR) is 104 cm³/mol. The Morgan fingerprint density at radius 3 is 2.42 bits per heavy atom. The van der Waals surface area contributed by atoms with Crippen molar-refractivity contribution in [1.82, 2.24) is 10.6 Å². The van der Waals surface area contributed by atoms with Gasteiger partial charge in [-0.1, -0.05) is 72.8 Å². The first-order valence-electron chi connectivity index (χ1n) is 8.87. The summed E-state index contributed by atoms with van der Waals surface area (Å²) in [5.74, 6) is 0.125. The average molecular weight is 350 g/mol. The van der Waals surface area contributed by atoms with E-state index in [-0.39, 0.29) is 18.5 Å². The van der Waals surface area contributed by atoms with Crippen molar-refractivity contribution in [3.05, 3.63) is 83.9 Å². The lowest BCUT2D eigenvalue weighted by Crippen LogP contribution is -2.39. The topological polar surface area (TPSA) is 41.1 Å². The summed E-state index contributed by atoms with van der Waals surface area (Å²) in [5.41, 5.74) is 2.43. The third-order valence-electron chi connectivity index (χ3n) is 4.48. The van der Waals surface area contributed by atoms with E-state index in [4.69, 9.17) is 0 Å². The lowest BCUT2D eigenvalue weighted by atomic mass is 9.88. The van der Waals surface area contributed by atoms with E-state index in [0.29, 0.717) is 6.54 Å². The molecule has 4 heteroatoms. The smallest absolute Gasteiger partial charge is 0.314 e. The van der Waals surface area contributed by atoms with E-state index in [9.17, 15) is 9.18 Å². The number of halogens is 1. The van der Waals surface area contributed by atoms with Crippen LogP contribution in [0.5, 0.6) is 0 Å². The monoisotopic (exact) mass is 350 g/mol. The summed E-state index contributed by atoms with van der Waals surface area (Å²) >= 11 is 0. The fraction of sp³-hybridized carbons (Fsp3) is 0.227. The van der Waals surface area contributed by atoms with Gasteiger partial charge in [0.15, 0.2) is 0 Å². The Morgan fingerprint density at radius 2 is 1.62 bits per heavy atom. The van der Waals surface area contributed by atoms with E-state index in [0.717, 1.165) is 6.42 Å². The first kappa shape index (κ1) is 17.9. The zero-order valence-electron chi connectivity index (χ0n) is 14.6. The first-order valence-corrected chi connectivity index (χ1v) is 8.87. The summed E-state index contributed by atoms with van der Waals surface area (Å²) in [4.78, 5) is 11.9. The first-order chi connectivity index (χ1) is 12.8. The van der Waals surface area contributed by atoms with Crippen molar-refractivity contribution in [2.45, 2.75) is 12.3 Å². The van der Waals surface area contributed by atoms with E-state index in [2.05, 4.69) is 53.1 Å². The minimum atomic E-state index is -0.565. The third-order valence-corrected chi connectivity index (χ3v) is 4.48. The van der Waals surface area contributed by atoms with Crippen LogP contribution in [0.2, 0.25) is 0 Å². The Kier molecular flexibility index (Phi) is 6.20. The zero-order chi connectivity index (χ0) is 18.2. The summed E-state index contributed by atoms with van der Waals surface area (Å²) in [6, 6.07) is 24.5. The second kappa shape index (κ2) is 8.99. The van der Waals surface area contributed by atoms with Crippen molar-refractivity contribution in [3.8, 4) is 0 Å². The van der Waals surface area contributed by atoms with Gasteiger partial charge in [0.25, 0.3) is 0 Å². The fourth-order valence-corrected chi connectivity index (χ4v) is 3.24. The molecule has 26 heavy (non-hydrogen) atoms. The summed E-state index contributed by atoms with van der Waals surface area (Å²) in [6.45, 7) is -0.0470. The van der Waals surface area contributed by atoms with Crippen LogP contribution in [0.15, 0.2) is 72.8 Å². The van der Waals surface area contributed by atoms with Crippen LogP contribution in [0.3, 0.4) is 0 Å².